The molecule has 0 saturated carbocycles. The normalized spacial score (nSPS) is 13.4. The first-order valence-corrected chi connectivity index (χ1v) is 27.6. The Balaban J connectivity index is 4.06. The molecule has 0 heterocycles. The van der Waals surface area contributed by atoms with Crippen LogP contribution >= 0.6 is 0 Å². The quantitative estimate of drug-likeness (QED) is 0.0195. The Labute approximate surface area is 417 Å². The molecule has 0 aliphatic heterocycles. The third-order valence-corrected chi connectivity index (χ3v) is 11.7. The van der Waals surface area contributed by atoms with Crippen molar-refractivity contribution in [3.8, 4) is 0 Å². The molecule has 0 spiro atoms. The topological polar surface area (TPSA) is 111 Å². The Morgan fingerprint density at radius 2 is 0.838 bits per heavy atom. The summed E-state index contributed by atoms with van der Waals surface area (Å²) in [7, 11) is 5.91. The van der Waals surface area contributed by atoms with Crippen LogP contribution in [0.15, 0.2) is 72.9 Å². The number of quaternary nitrogens is 1. The SMILES string of the molecule is CC/C=C\C/C=C\C/C=C\C/C=C\C/C=C\CCCCCCCCCCCCCCCCCCCC(=O)OC(COC(=O)CCCCCCC/C=C\CCC)COC(OCC[N+](C)(C)C)C(=O)[O-]. The highest BCUT2D eigenvalue weighted by Crippen LogP contribution is 2.16. The summed E-state index contributed by atoms with van der Waals surface area (Å²) in [4.78, 5) is 37.1. The van der Waals surface area contributed by atoms with Gasteiger partial charge in [0.15, 0.2) is 12.4 Å². The lowest BCUT2D eigenvalue weighted by Gasteiger charge is -2.26. The summed E-state index contributed by atoms with van der Waals surface area (Å²) in [5, 5.41) is 11.7. The number of esters is 2. The lowest BCUT2D eigenvalue weighted by atomic mass is 10.0. The van der Waals surface area contributed by atoms with Crippen molar-refractivity contribution in [3.05, 3.63) is 72.9 Å². The first kappa shape index (κ1) is 64.7. The number of likely N-dealkylation sites (N-methyl/N-ethyl adjacent to an activating group) is 1. The standard InChI is InChI=1S/C59H103NO8/c1-6-8-10-12-14-16-18-19-20-21-22-23-24-25-26-27-28-29-30-31-32-33-34-35-36-37-38-39-40-42-44-46-48-50-57(62)68-55(54-67-59(58(63)64)65-52-51-60(3,4)5)53-66-56(61)49-47-45-43-41-17-15-13-11-9-7-2/h8,10-11,13-14,16,19-20,22-23,25-26,55,59H,6-7,9,12,15,17-18,21,24,27-54H2,1-5H3/b10-8-,13-11-,16-14-,20-19-,23-22-,26-25-. The Hall–Kier alpha value is -3.27. The average Bonchev–Trinajstić information content (AvgIpc) is 3.30. The van der Waals surface area contributed by atoms with Gasteiger partial charge in [0.25, 0.3) is 0 Å². The summed E-state index contributed by atoms with van der Waals surface area (Å²) in [6.07, 6.45) is 61.1. The number of nitrogens with zero attached hydrogens (tertiary/aromatic N) is 1. The summed E-state index contributed by atoms with van der Waals surface area (Å²) >= 11 is 0. The zero-order valence-electron chi connectivity index (χ0n) is 44.5. The van der Waals surface area contributed by atoms with Crippen LogP contribution < -0.4 is 5.11 Å². The highest BCUT2D eigenvalue weighted by Gasteiger charge is 2.22. The highest BCUT2D eigenvalue weighted by atomic mass is 16.7. The molecule has 0 amide bonds. The van der Waals surface area contributed by atoms with Crippen molar-refractivity contribution in [1.82, 2.24) is 0 Å². The maximum atomic E-state index is 12.8. The van der Waals surface area contributed by atoms with Gasteiger partial charge < -0.3 is 33.3 Å². The molecular weight excluding hydrogens is 851 g/mol. The van der Waals surface area contributed by atoms with Gasteiger partial charge in [0.05, 0.1) is 40.3 Å². The number of carbonyl (C=O) groups is 3. The second kappa shape index (κ2) is 50.1. The minimum absolute atomic E-state index is 0.145. The van der Waals surface area contributed by atoms with Crippen LogP contribution in [0.25, 0.3) is 0 Å². The van der Waals surface area contributed by atoms with Crippen LogP contribution in [0.1, 0.15) is 226 Å². The fourth-order valence-electron chi connectivity index (χ4n) is 7.45. The Morgan fingerprint density at radius 3 is 1.26 bits per heavy atom. The molecule has 392 valence electrons. The van der Waals surface area contributed by atoms with Gasteiger partial charge in [0.2, 0.25) is 0 Å². The van der Waals surface area contributed by atoms with Crippen molar-refractivity contribution >= 4 is 17.9 Å². The van der Waals surface area contributed by atoms with Gasteiger partial charge in [-0.15, -0.1) is 0 Å². The zero-order valence-corrected chi connectivity index (χ0v) is 44.5. The van der Waals surface area contributed by atoms with Gasteiger partial charge in [-0.2, -0.15) is 0 Å². The summed E-state index contributed by atoms with van der Waals surface area (Å²) in [6, 6.07) is 0. The number of carboxylic acids is 1. The van der Waals surface area contributed by atoms with Gasteiger partial charge in [-0.3, -0.25) is 9.59 Å². The lowest BCUT2D eigenvalue weighted by Crippen LogP contribution is -2.44. The van der Waals surface area contributed by atoms with Gasteiger partial charge in [-0.05, 0) is 77.0 Å². The second-order valence-electron chi connectivity index (χ2n) is 19.5. The first-order chi connectivity index (χ1) is 33.1. The van der Waals surface area contributed by atoms with E-state index in [0.717, 1.165) is 89.9 Å². The van der Waals surface area contributed by atoms with Crippen molar-refractivity contribution in [3.63, 3.8) is 0 Å². The number of ether oxygens (including phenoxy) is 4. The highest BCUT2D eigenvalue weighted by molar-refractivity contribution is 5.70. The molecule has 2 unspecified atom stereocenters. The van der Waals surface area contributed by atoms with Gasteiger partial charge in [0, 0.05) is 12.8 Å². The third-order valence-electron chi connectivity index (χ3n) is 11.7. The molecule has 0 aromatic rings. The number of carboxylic acid groups (broad SMARTS) is 1. The molecule has 0 N–H and O–H groups in total. The molecule has 0 aliphatic rings. The number of hydrogen-bond acceptors (Lipinski definition) is 8. The minimum atomic E-state index is -1.62. The molecule has 0 aromatic heterocycles. The van der Waals surface area contributed by atoms with E-state index in [9.17, 15) is 19.5 Å². The average molecular weight is 954 g/mol. The maximum absolute atomic E-state index is 12.8. The molecule has 0 fully saturated rings. The largest absolute Gasteiger partial charge is 0.545 e. The van der Waals surface area contributed by atoms with Gasteiger partial charge in [-0.25, -0.2) is 0 Å². The van der Waals surface area contributed by atoms with Crippen molar-refractivity contribution in [2.24, 2.45) is 0 Å². The summed E-state index contributed by atoms with van der Waals surface area (Å²) in [6.45, 7) is 4.56. The zero-order chi connectivity index (χ0) is 49.9. The van der Waals surface area contributed by atoms with E-state index in [2.05, 4.69) is 86.8 Å². The van der Waals surface area contributed by atoms with E-state index in [0.29, 0.717) is 17.4 Å². The van der Waals surface area contributed by atoms with Crippen LogP contribution in [0, 0.1) is 0 Å². The van der Waals surface area contributed by atoms with E-state index in [1.807, 2.05) is 21.1 Å². The molecule has 9 heteroatoms. The summed E-state index contributed by atoms with van der Waals surface area (Å²) < 4.78 is 22.6. The smallest absolute Gasteiger partial charge is 0.306 e. The molecule has 0 saturated heterocycles. The van der Waals surface area contributed by atoms with Gasteiger partial charge in [0.1, 0.15) is 13.2 Å². The fourth-order valence-corrected chi connectivity index (χ4v) is 7.45. The van der Waals surface area contributed by atoms with Crippen LogP contribution in [0.2, 0.25) is 0 Å². The van der Waals surface area contributed by atoms with Gasteiger partial charge in [-0.1, -0.05) is 209 Å². The molecule has 0 aromatic carbocycles. The van der Waals surface area contributed by atoms with Crippen LogP contribution in [0.5, 0.6) is 0 Å². The fraction of sp³-hybridized carbons (Fsp3) is 0.746. The number of unbranched alkanes of at least 4 members (excludes halogenated alkanes) is 23. The predicted molar refractivity (Wildman–Crippen MR) is 283 cm³/mol. The Kier molecular flexibility index (Phi) is 47.7. The van der Waals surface area contributed by atoms with E-state index >= 15 is 0 Å². The Bertz CT molecular complexity index is 1340. The number of carbonyl (C=O) groups excluding carboxylic acids is 3. The molecule has 0 rings (SSSR count). The second-order valence-corrected chi connectivity index (χ2v) is 19.5. The van der Waals surface area contributed by atoms with Crippen molar-refractivity contribution < 1.29 is 42.9 Å². The first-order valence-electron chi connectivity index (χ1n) is 27.6. The van der Waals surface area contributed by atoms with E-state index < -0.39 is 24.3 Å². The van der Waals surface area contributed by atoms with E-state index in [4.69, 9.17) is 18.9 Å². The van der Waals surface area contributed by atoms with E-state index in [1.165, 1.54) is 103 Å². The van der Waals surface area contributed by atoms with Crippen LogP contribution in [-0.2, 0) is 33.3 Å². The third kappa shape index (κ3) is 50.6. The van der Waals surface area contributed by atoms with Gasteiger partial charge >= 0.3 is 11.9 Å². The van der Waals surface area contributed by atoms with Crippen LogP contribution in [0.4, 0.5) is 0 Å². The summed E-state index contributed by atoms with van der Waals surface area (Å²) in [5.74, 6) is -2.30. The number of allylic oxidation sites excluding steroid dienone is 12. The molecule has 0 radical (unpaired) electrons. The van der Waals surface area contributed by atoms with Crippen molar-refractivity contribution in [2.45, 2.75) is 238 Å². The summed E-state index contributed by atoms with van der Waals surface area (Å²) in [5.41, 5.74) is 0. The van der Waals surface area contributed by atoms with Crippen molar-refractivity contribution in [2.75, 3.05) is 47.5 Å². The Morgan fingerprint density at radius 1 is 0.456 bits per heavy atom. The number of rotatable bonds is 50. The molecule has 2 atom stereocenters. The maximum Gasteiger partial charge on any atom is 0.306 e. The number of hydrogen-bond donors (Lipinski definition) is 0. The van der Waals surface area contributed by atoms with E-state index in [-0.39, 0.29) is 38.6 Å². The van der Waals surface area contributed by atoms with E-state index in [1.54, 1.807) is 0 Å². The van der Waals surface area contributed by atoms with Crippen LogP contribution in [0.3, 0.4) is 0 Å². The number of aliphatic carboxylic acids is 1. The van der Waals surface area contributed by atoms with Crippen molar-refractivity contribution in [1.29, 1.82) is 0 Å². The molecule has 0 aliphatic carbocycles. The molecule has 0 bridgehead atoms. The molecular formula is C59H103NO8. The molecule has 68 heavy (non-hydrogen) atoms. The van der Waals surface area contributed by atoms with Crippen LogP contribution in [-0.4, -0.2) is 82.3 Å². The molecule has 9 nitrogen and oxygen atoms in total. The lowest BCUT2D eigenvalue weighted by molar-refractivity contribution is -0.870. The predicted octanol–water partition coefficient (Wildman–Crippen LogP) is 14.5. The monoisotopic (exact) mass is 954 g/mol. The minimum Gasteiger partial charge on any atom is -0.545 e.